The topological polar surface area (TPSA) is 76.0 Å². The molecule has 1 unspecified atom stereocenters. The van der Waals surface area contributed by atoms with Crippen LogP contribution in [0.2, 0.25) is 0 Å². The first-order chi connectivity index (χ1) is 8.17. The van der Waals surface area contributed by atoms with Crippen LogP contribution in [-0.4, -0.2) is 35.5 Å². The van der Waals surface area contributed by atoms with E-state index in [2.05, 4.69) is 0 Å². The Balaban J connectivity index is 2.50. The zero-order valence-electron chi connectivity index (χ0n) is 9.63. The van der Waals surface area contributed by atoms with Crippen molar-refractivity contribution in [3.8, 4) is 5.75 Å². The van der Waals surface area contributed by atoms with Crippen LogP contribution >= 0.6 is 0 Å². The maximum atomic E-state index is 10.8. The average Bonchev–Trinajstić information content (AvgIpc) is 2.34. The van der Waals surface area contributed by atoms with Gasteiger partial charge in [0, 0.05) is 6.61 Å². The van der Waals surface area contributed by atoms with Crippen molar-refractivity contribution >= 4 is 5.97 Å². The maximum absolute atomic E-state index is 10.8. The molecule has 5 heteroatoms. The minimum atomic E-state index is -1.04. The fraction of sp³-hybridized carbons (Fsp3) is 0.417. The summed E-state index contributed by atoms with van der Waals surface area (Å²) in [6.45, 7) is 1.98. The summed E-state index contributed by atoms with van der Waals surface area (Å²) in [6.07, 6.45) is -0.961. The van der Waals surface area contributed by atoms with Crippen molar-refractivity contribution in [3.05, 3.63) is 29.8 Å². The van der Waals surface area contributed by atoms with Gasteiger partial charge in [-0.3, -0.25) is 0 Å². The molecule has 2 N–H and O–H groups in total. The van der Waals surface area contributed by atoms with Crippen LogP contribution in [0.3, 0.4) is 0 Å². The van der Waals surface area contributed by atoms with Gasteiger partial charge in [-0.15, -0.1) is 0 Å². The van der Waals surface area contributed by atoms with E-state index in [1.807, 2.05) is 0 Å². The molecule has 1 aromatic rings. The van der Waals surface area contributed by atoms with E-state index >= 15 is 0 Å². The van der Waals surface area contributed by atoms with Gasteiger partial charge in [-0.1, -0.05) is 12.1 Å². The Morgan fingerprint density at radius 1 is 1.35 bits per heavy atom. The van der Waals surface area contributed by atoms with Crippen LogP contribution in [0.4, 0.5) is 0 Å². The largest absolute Gasteiger partial charge is 0.490 e. The first-order valence-electron chi connectivity index (χ1n) is 5.34. The number of hydrogen-bond donors (Lipinski definition) is 2. The van der Waals surface area contributed by atoms with Crippen LogP contribution in [0.15, 0.2) is 24.3 Å². The average molecular weight is 240 g/mol. The molecule has 0 saturated heterocycles. The molecule has 5 nitrogen and oxygen atoms in total. The summed E-state index contributed by atoms with van der Waals surface area (Å²) in [5, 5.41) is 17.7. The highest BCUT2D eigenvalue weighted by Crippen LogP contribution is 2.12. The monoisotopic (exact) mass is 240 g/mol. The Morgan fingerprint density at radius 3 is 2.47 bits per heavy atom. The number of ether oxygens (including phenoxy) is 2. The SMILES string of the molecule is CCOC(COc1ccc(CO)cc1)C(=O)O. The second kappa shape index (κ2) is 6.88. The van der Waals surface area contributed by atoms with E-state index in [0.717, 1.165) is 5.56 Å². The highest BCUT2D eigenvalue weighted by atomic mass is 16.5. The Hall–Kier alpha value is -1.59. The molecule has 0 aliphatic carbocycles. The molecule has 0 aliphatic rings. The lowest BCUT2D eigenvalue weighted by molar-refractivity contribution is -0.152. The van der Waals surface area contributed by atoms with Crippen LogP contribution in [0.1, 0.15) is 12.5 Å². The summed E-state index contributed by atoms with van der Waals surface area (Å²) in [4.78, 5) is 10.8. The zero-order chi connectivity index (χ0) is 12.7. The van der Waals surface area contributed by atoms with Gasteiger partial charge < -0.3 is 19.7 Å². The third kappa shape index (κ3) is 4.42. The van der Waals surface area contributed by atoms with Crippen LogP contribution in [0.25, 0.3) is 0 Å². The zero-order valence-corrected chi connectivity index (χ0v) is 9.63. The van der Waals surface area contributed by atoms with Gasteiger partial charge in [0.1, 0.15) is 12.4 Å². The van der Waals surface area contributed by atoms with E-state index in [-0.39, 0.29) is 13.2 Å². The second-order valence-electron chi connectivity index (χ2n) is 3.40. The van der Waals surface area contributed by atoms with Crippen molar-refractivity contribution in [1.82, 2.24) is 0 Å². The third-order valence-corrected chi connectivity index (χ3v) is 2.15. The van der Waals surface area contributed by atoms with E-state index < -0.39 is 12.1 Å². The maximum Gasteiger partial charge on any atom is 0.336 e. The van der Waals surface area contributed by atoms with Gasteiger partial charge in [-0.05, 0) is 24.6 Å². The van der Waals surface area contributed by atoms with Crippen molar-refractivity contribution in [3.63, 3.8) is 0 Å². The van der Waals surface area contributed by atoms with Crippen LogP contribution < -0.4 is 4.74 Å². The molecule has 0 bridgehead atoms. The van der Waals surface area contributed by atoms with Gasteiger partial charge >= 0.3 is 5.97 Å². The van der Waals surface area contributed by atoms with Crippen LogP contribution in [0.5, 0.6) is 5.75 Å². The van der Waals surface area contributed by atoms with Crippen LogP contribution in [0, 0.1) is 0 Å². The fourth-order valence-electron chi connectivity index (χ4n) is 1.25. The Bertz CT molecular complexity index is 346. The van der Waals surface area contributed by atoms with E-state index in [0.29, 0.717) is 12.4 Å². The molecule has 1 aromatic carbocycles. The number of carboxylic acid groups (broad SMARTS) is 1. The molecule has 0 heterocycles. The molecule has 0 aromatic heterocycles. The number of carboxylic acids is 1. The first-order valence-corrected chi connectivity index (χ1v) is 5.34. The molecule has 0 spiro atoms. The summed E-state index contributed by atoms with van der Waals surface area (Å²) in [5.74, 6) is -0.494. The number of carbonyl (C=O) groups is 1. The molecule has 17 heavy (non-hydrogen) atoms. The number of rotatable bonds is 7. The van der Waals surface area contributed by atoms with Crippen molar-refractivity contribution in [1.29, 1.82) is 0 Å². The predicted molar refractivity (Wildman–Crippen MR) is 60.9 cm³/mol. The van der Waals surface area contributed by atoms with E-state index in [1.54, 1.807) is 31.2 Å². The minimum Gasteiger partial charge on any atom is -0.490 e. The highest BCUT2D eigenvalue weighted by molar-refractivity contribution is 5.72. The lowest BCUT2D eigenvalue weighted by Gasteiger charge is -2.13. The standard InChI is InChI=1S/C12H16O5/c1-2-16-11(12(14)15)8-17-10-5-3-9(7-13)4-6-10/h3-6,11,13H,2,7-8H2,1H3,(H,14,15). The lowest BCUT2D eigenvalue weighted by Crippen LogP contribution is -2.30. The molecule has 0 fully saturated rings. The Labute approximate surface area is 99.6 Å². The number of benzene rings is 1. The summed E-state index contributed by atoms with van der Waals surface area (Å²) < 4.78 is 10.3. The summed E-state index contributed by atoms with van der Waals surface area (Å²) in [5.41, 5.74) is 0.775. The number of aliphatic hydroxyl groups excluding tert-OH is 1. The normalized spacial score (nSPS) is 12.1. The van der Waals surface area contributed by atoms with E-state index in [4.69, 9.17) is 19.7 Å². The molecule has 0 saturated carbocycles. The summed E-state index contributed by atoms with van der Waals surface area (Å²) >= 11 is 0. The highest BCUT2D eigenvalue weighted by Gasteiger charge is 2.18. The van der Waals surface area contributed by atoms with Crippen molar-refractivity contribution in [2.24, 2.45) is 0 Å². The molecule has 0 radical (unpaired) electrons. The van der Waals surface area contributed by atoms with Gasteiger partial charge in [-0.2, -0.15) is 0 Å². The molecular weight excluding hydrogens is 224 g/mol. The molecule has 1 atom stereocenters. The van der Waals surface area contributed by atoms with Gasteiger partial charge in [0.05, 0.1) is 6.61 Å². The second-order valence-corrected chi connectivity index (χ2v) is 3.40. The summed E-state index contributed by atoms with van der Waals surface area (Å²) in [6, 6.07) is 6.78. The van der Waals surface area contributed by atoms with Gasteiger partial charge in [0.25, 0.3) is 0 Å². The fourth-order valence-corrected chi connectivity index (χ4v) is 1.25. The first kappa shape index (κ1) is 13.5. The minimum absolute atomic E-state index is 0.0308. The van der Waals surface area contributed by atoms with Crippen LogP contribution in [-0.2, 0) is 16.1 Å². The smallest absolute Gasteiger partial charge is 0.336 e. The Kier molecular flexibility index (Phi) is 5.45. The van der Waals surface area contributed by atoms with Gasteiger partial charge in [0.2, 0.25) is 0 Å². The molecule has 1 rings (SSSR count). The predicted octanol–water partition coefficient (Wildman–Crippen LogP) is 1.05. The number of hydrogen-bond acceptors (Lipinski definition) is 4. The molecular formula is C12H16O5. The molecule has 0 amide bonds. The Morgan fingerprint density at radius 2 is 2.00 bits per heavy atom. The molecule has 0 aliphatic heterocycles. The van der Waals surface area contributed by atoms with Crippen molar-refractivity contribution in [2.45, 2.75) is 19.6 Å². The molecule has 94 valence electrons. The van der Waals surface area contributed by atoms with Crippen molar-refractivity contribution in [2.75, 3.05) is 13.2 Å². The van der Waals surface area contributed by atoms with E-state index in [9.17, 15) is 4.79 Å². The lowest BCUT2D eigenvalue weighted by atomic mass is 10.2. The van der Waals surface area contributed by atoms with Crippen molar-refractivity contribution < 1.29 is 24.5 Å². The number of aliphatic carboxylic acids is 1. The third-order valence-electron chi connectivity index (χ3n) is 2.15. The number of aliphatic hydroxyl groups is 1. The van der Waals surface area contributed by atoms with Gasteiger partial charge in [-0.25, -0.2) is 4.79 Å². The van der Waals surface area contributed by atoms with Gasteiger partial charge in [0.15, 0.2) is 6.10 Å². The van der Waals surface area contributed by atoms with E-state index in [1.165, 1.54) is 0 Å². The summed E-state index contributed by atoms with van der Waals surface area (Å²) in [7, 11) is 0. The quantitative estimate of drug-likeness (QED) is 0.745.